The Labute approximate surface area is 196 Å². The first-order chi connectivity index (χ1) is 15.6. The number of carbonyl (C=O) groups is 1. The van der Waals surface area contributed by atoms with E-state index in [-0.39, 0.29) is 38.2 Å². The molecule has 176 valence electrons. The number of esters is 1. The number of ether oxygens (including phenoxy) is 2. The van der Waals surface area contributed by atoms with E-state index < -0.39 is 10.0 Å². The quantitative estimate of drug-likeness (QED) is 0.451. The number of nitriles is 1. The van der Waals surface area contributed by atoms with Gasteiger partial charge in [0.2, 0.25) is 10.0 Å². The number of hydrogen-bond donors (Lipinski definition) is 0. The maximum absolute atomic E-state index is 13.4. The number of carbonyl (C=O) groups excluding carboxylic acids is 1. The van der Waals surface area contributed by atoms with Crippen molar-refractivity contribution in [2.24, 2.45) is 5.92 Å². The third-order valence-corrected chi connectivity index (χ3v) is 8.44. The molecule has 3 rings (SSSR count). The molecule has 1 fully saturated rings. The van der Waals surface area contributed by atoms with Crippen LogP contribution in [-0.2, 0) is 19.6 Å². The Morgan fingerprint density at radius 2 is 1.61 bits per heavy atom. The maximum atomic E-state index is 13.4. The summed E-state index contributed by atoms with van der Waals surface area (Å²) in [6, 6.07) is 10.7. The third-order valence-electron chi connectivity index (χ3n) is 6.26. The normalized spacial score (nSPS) is 15.1. The number of nitrogens with zero attached hydrogens (tertiary/aromatic N) is 2. The first-order valence-electron chi connectivity index (χ1n) is 11.0. The summed E-state index contributed by atoms with van der Waals surface area (Å²) >= 11 is 0. The molecule has 0 atom stereocenters. The number of piperidine rings is 1. The molecule has 0 unspecified atom stereocenters. The zero-order valence-corrected chi connectivity index (χ0v) is 20.4. The van der Waals surface area contributed by atoms with E-state index in [0.29, 0.717) is 29.1 Å². The number of sulfonamides is 1. The Kier molecular flexibility index (Phi) is 7.77. The van der Waals surface area contributed by atoms with Gasteiger partial charge in [-0.05, 0) is 87.1 Å². The van der Waals surface area contributed by atoms with Crippen LogP contribution < -0.4 is 4.74 Å². The molecule has 0 bridgehead atoms. The Morgan fingerprint density at radius 1 is 1.03 bits per heavy atom. The van der Waals surface area contributed by atoms with Crippen molar-refractivity contribution in [3.8, 4) is 11.8 Å². The van der Waals surface area contributed by atoms with Crippen molar-refractivity contribution in [3.05, 3.63) is 58.1 Å². The highest BCUT2D eigenvalue weighted by Gasteiger charge is 2.34. The van der Waals surface area contributed by atoms with E-state index in [9.17, 15) is 13.2 Å². The Hall–Kier alpha value is -2.89. The van der Waals surface area contributed by atoms with Crippen molar-refractivity contribution in [1.82, 2.24) is 4.31 Å². The molecule has 0 spiro atoms. The average molecular weight is 471 g/mol. The van der Waals surface area contributed by atoms with Crippen molar-refractivity contribution < 1.29 is 22.7 Å². The van der Waals surface area contributed by atoms with Crippen LogP contribution in [0.3, 0.4) is 0 Å². The molecule has 1 saturated heterocycles. The van der Waals surface area contributed by atoms with Gasteiger partial charge in [0.05, 0.1) is 22.4 Å². The minimum absolute atomic E-state index is 0.109. The van der Waals surface area contributed by atoms with E-state index in [1.807, 2.05) is 39.8 Å². The van der Waals surface area contributed by atoms with E-state index in [1.54, 1.807) is 24.3 Å². The Balaban J connectivity index is 1.52. The molecule has 33 heavy (non-hydrogen) atoms. The van der Waals surface area contributed by atoms with Gasteiger partial charge in [0.1, 0.15) is 19.0 Å². The molecule has 0 amide bonds. The first-order valence-corrected chi connectivity index (χ1v) is 12.5. The zero-order chi connectivity index (χ0) is 24.2. The van der Waals surface area contributed by atoms with Crippen molar-refractivity contribution >= 4 is 16.0 Å². The fraction of sp³-hybridized carbons (Fsp3) is 0.440. The van der Waals surface area contributed by atoms with Crippen LogP contribution in [-0.4, -0.2) is 45.0 Å². The summed E-state index contributed by atoms with van der Waals surface area (Å²) in [6.45, 7) is 8.43. The Bertz CT molecular complexity index is 1130. The standard InChI is InChI=1S/C25H30N2O5S/c1-17-15-18(2)20(4)24(19(17)3)33(29,30)27-11-9-22(10-12-27)25(28)32-14-13-31-23-7-5-21(16-26)6-8-23/h5-8,15,22H,9-14H2,1-4H3. The topological polar surface area (TPSA) is 96.7 Å². The summed E-state index contributed by atoms with van der Waals surface area (Å²) in [7, 11) is -3.63. The smallest absolute Gasteiger partial charge is 0.309 e. The van der Waals surface area contributed by atoms with Gasteiger partial charge < -0.3 is 9.47 Å². The molecule has 1 aliphatic heterocycles. The van der Waals surface area contributed by atoms with Crippen molar-refractivity contribution in [3.63, 3.8) is 0 Å². The second-order valence-electron chi connectivity index (χ2n) is 8.42. The van der Waals surface area contributed by atoms with Crippen LogP contribution in [0.15, 0.2) is 35.2 Å². The van der Waals surface area contributed by atoms with Crippen molar-refractivity contribution in [1.29, 1.82) is 5.26 Å². The van der Waals surface area contributed by atoms with E-state index in [0.717, 1.165) is 22.3 Å². The van der Waals surface area contributed by atoms with E-state index in [2.05, 4.69) is 0 Å². The molecule has 0 saturated carbocycles. The minimum atomic E-state index is -3.63. The van der Waals surface area contributed by atoms with Gasteiger partial charge in [-0.15, -0.1) is 0 Å². The summed E-state index contributed by atoms with van der Waals surface area (Å²) in [5, 5.41) is 8.81. The first kappa shape index (κ1) is 24.7. The number of rotatable bonds is 7. The summed E-state index contributed by atoms with van der Waals surface area (Å²) in [4.78, 5) is 12.8. The second kappa shape index (κ2) is 10.4. The monoisotopic (exact) mass is 470 g/mol. The highest BCUT2D eigenvalue weighted by atomic mass is 32.2. The van der Waals surface area contributed by atoms with Crippen LogP contribution in [0.1, 0.15) is 40.7 Å². The second-order valence-corrected chi connectivity index (χ2v) is 10.3. The van der Waals surface area contributed by atoms with Crippen molar-refractivity contribution in [2.75, 3.05) is 26.3 Å². The van der Waals surface area contributed by atoms with Crippen LogP contribution in [0.2, 0.25) is 0 Å². The summed E-state index contributed by atoms with van der Waals surface area (Å²) in [5.74, 6) is -0.0532. The lowest BCUT2D eigenvalue weighted by Gasteiger charge is -2.31. The molecule has 7 nitrogen and oxygen atoms in total. The number of aryl methyl sites for hydroxylation is 2. The Morgan fingerprint density at radius 3 is 2.15 bits per heavy atom. The zero-order valence-electron chi connectivity index (χ0n) is 19.6. The lowest BCUT2D eigenvalue weighted by atomic mass is 9.98. The number of hydrogen-bond acceptors (Lipinski definition) is 6. The van der Waals surface area contributed by atoms with E-state index in [1.165, 1.54) is 4.31 Å². The summed E-state index contributed by atoms with van der Waals surface area (Å²) in [5.41, 5.74) is 4.02. The van der Waals surface area contributed by atoms with Gasteiger partial charge >= 0.3 is 5.97 Å². The molecule has 0 radical (unpaired) electrons. The molecule has 2 aromatic carbocycles. The molecule has 1 heterocycles. The van der Waals surface area contributed by atoms with Gasteiger partial charge in [-0.1, -0.05) is 6.07 Å². The van der Waals surface area contributed by atoms with Gasteiger partial charge in [0, 0.05) is 13.1 Å². The van der Waals surface area contributed by atoms with E-state index >= 15 is 0 Å². The van der Waals surface area contributed by atoms with Gasteiger partial charge in [-0.2, -0.15) is 9.57 Å². The lowest BCUT2D eigenvalue weighted by molar-refractivity contribution is -0.150. The predicted octanol–water partition coefficient (Wildman–Crippen LogP) is 3.81. The highest BCUT2D eigenvalue weighted by molar-refractivity contribution is 7.89. The van der Waals surface area contributed by atoms with E-state index in [4.69, 9.17) is 14.7 Å². The maximum Gasteiger partial charge on any atom is 0.309 e. The fourth-order valence-electron chi connectivity index (χ4n) is 4.07. The fourth-order valence-corrected chi connectivity index (χ4v) is 6.12. The molecule has 0 aromatic heterocycles. The summed E-state index contributed by atoms with van der Waals surface area (Å²) in [6.07, 6.45) is 0.856. The van der Waals surface area contributed by atoms with Crippen LogP contribution in [0.25, 0.3) is 0 Å². The molecular weight excluding hydrogens is 440 g/mol. The predicted molar refractivity (Wildman–Crippen MR) is 124 cm³/mol. The van der Waals surface area contributed by atoms with Crippen LogP contribution in [0, 0.1) is 44.9 Å². The molecular formula is C25H30N2O5S. The van der Waals surface area contributed by atoms with Gasteiger partial charge in [0.15, 0.2) is 0 Å². The molecule has 1 aliphatic rings. The van der Waals surface area contributed by atoms with Crippen LogP contribution in [0.5, 0.6) is 5.75 Å². The average Bonchev–Trinajstić information content (AvgIpc) is 2.81. The molecule has 0 aliphatic carbocycles. The number of benzene rings is 2. The SMILES string of the molecule is Cc1cc(C)c(C)c(S(=O)(=O)N2CCC(C(=O)OCCOc3ccc(C#N)cc3)CC2)c1C. The minimum Gasteiger partial charge on any atom is -0.490 e. The summed E-state index contributed by atoms with van der Waals surface area (Å²) < 4.78 is 39.1. The van der Waals surface area contributed by atoms with Gasteiger partial charge in [0.25, 0.3) is 0 Å². The molecule has 8 heteroatoms. The highest BCUT2D eigenvalue weighted by Crippen LogP contribution is 2.31. The van der Waals surface area contributed by atoms with Crippen molar-refractivity contribution in [2.45, 2.75) is 45.4 Å². The molecule has 0 N–H and O–H groups in total. The lowest BCUT2D eigenvalue weighted by Crippen LogP contribution is -2.41. The molecule has 2 aromatic rings. The van der Waals surface area contributed by atoms with Crippen LogP contribution in [0.4, 0.5) is 0 Å². The van der Waals surface area contributed by atoms with Crippen LogP contribution >= 0.6 is 0 Å². The van der Waals surface area contributed by atoms with Gasteiger partial charge in [-0.3, -0.25) is 4.79 Å². The van der Waals surface area contributed by atoms with Gasteiger partial charge in [-0.25, -0.2) is 8.42 Å². The largest absolute Gasteiger partial charge is 0.490 e. The third kappa shape index (κ3) is 5.55.